The van der Waals surface area contributed by atoms with Gasteiger partial charge >= 0.3 is 40.2 Å². The predicted molar refractivity (Wildman–Crippen MR) is 470 cm³/mol. The number of ether oxygens (including phenoxy) is 1. The number of nitrogens with zero attached hydrogens (tertiary/aromatic N) is 7. The maximum atomic E-state index is 12.3. The molecule has 0 fully saturated rings. The van der Waals surface area contributed by atoms with Crippen LogP contribution >= 0.6 is 11.8 Å². The second-order valence-corrected chi connectivity index (χ2v) is 35.3. The Morgan fingerprint density at radius 1 is 0.580 bits per heavy atom. The molecule has 1 N–H and O–H groups in total. The summed E-state index contributed by atoms with van der Waals surface area (Å²) >= 11 is 1.99. The maximum Gasteiger partial charge on any atom is 1.00 e. The van der Waals surface area contributed by atoms with E-state index in [0.29, 0.717) is 35.2 Å². The van der Waals surface area contributed by atoms with Crippen LogP contribution in [0, 0.1) is 28.2 Å². The van der Waals surface area contributed by atoms with Crippen LogP contribution in [0.1, 0.15) is 148 Å². The first kappa shape index (κ1) is 88.5. The average Bonchev–Trinajstić information content (AvgIpc) is 0.839. The molecule has 1 atom stereocenters. The van der Waals surface area contributed by atoms with Crippen molar-refractivity contribution < 1.29 is 56.3 Å². The normalized spacial score (nSPS) is 12.6. The second kappa shape index (κ2) is 41.1. The zero-order chi connectivity index (χ0) is 80.2. The first-order valence-corrected chi connectivity index (χ1v) is 40.7. The van der Waals surface area contributed by atoms with Gasteiger partial charge in [-0.2, -0.15) is 33.0 Å². The first-order valence-electron chi connectivity index (χ1n) is 38.8. The van der Waals surface area contributed by atoms with E-state index in [9.17, 15) is 4.79 Å². The third-order valence-corrected chi connectivity index (χ3v) is 20.9. The number of carbonyl (C=O) groups excluding carboxylic acids is 1. The van der Waals surface area contributed by atoms with E-state index in [1.165, 1.54) is 132 Å². The molecule has 13 nitrogen and oxygen atoms in total. The largest absolute Gasteiger partial charge is 1.00 e. The summed E-state index contributed by atoms with van der Waals surface area (Å²) in [5, 5.41) is 21.8. The molecule has 13 rings (SSSR count). The van der Waals surface area contributed by atoms with Gasteiger partial charge in [-0.25, -0.2) is 0 Å². The topological polar surface area (TPSA) is 131 Å². The van der Waals surface area contributed by atoms with Crippen LogP contribution in [0.4, 0.5) is 39.8 Å². The molecule has 582 valence electrons. The molecular weight excluding hydrogens is 1430 g/mol. The van der Waals surface area contributed by atoms with E-state index in [4.69, 9.17) is 17.4 Å². The molecule has 12 aromatic rings. The van der Waals surface area contributed by atoms with Gasteiger partial charge in [-0.05, 0) is 186 Å². The molecule has 16 heteroatoms. The van der Waals surface area contributed by atoms with Crippen LogP contribution in [0.3, 0.4) is 0 Å². The van der Waals surface area contributed by atoms with Gasteiger partial charge in [0, 0.05) is 114 Å². The van der Waals surface area contributed by atoms with Crippen LogP contribution in [0.2, 0.25) is 0 Å². The number of azo groups is 1. The molecule has 1 aromatic heterocycles. The monoisotopic (exact) mass is 1550 g/mol. The number of unbranched alkanes of at least 4 members (excludes halogenated alkanes) is 1. The predicted octanol–water partition coefficient (Wildman–Crippen LogP) is 20.8. The van der Waals surface area contributed by atoms with Crippen molar-refractivity contribution in [3.63, 3.8) is 0 Å². The molecule has 0 aliphatic carbocycles. The number of nitrogens with one attached hydrogen (secondary N) is 1. The number of benzene rings is 11. The van der Waals surface area contributed by atoms with Crippen molar-refractivity contribution in [3.8, 4) is 5.75 Å². The van der Waals surface area contributed by atoms with Gasteiger partial charge in [-0.3, -0.25) is 4.79 Å². The van der Waals surface area contributed by atoms with Crippen molar-refractivity contribution in [2.75, 3.05) is 80.9 Å². The van der Waals surface area contributed by atoms with Gasteiger partial charge in [0.05, 0.1) is 23.4 Å². The Kier molecular flexibility index (Phi) is 32.5. The standard InChI is InChI=1S/C28H36N2O.C25H31N2S.C23H24.C20H25N4O.Na.O3S/c1-28(2,3)20-31-26-18-12-23(13-19-26)27(21-8-14-24(15-9-21)29(4)5)22-10-16-25(17-11-22)30(6)7;1-19(2)10-8-9-16-27-17-15-20(21-11-4-5-12-22(21)27)18-25-26(3)23-13-6-7-14-24(23)28-25;1-23(2,3)15-5-8-16-9-10-19-12-11-17-6-4-7-18-13-14-20(16)22(19)21(17)18;1-20(2,3)14-19(25)21-18-13-16(24(4)5)11-12-17(18)23-22-15-9-7-6-8-10-15;;1-4(2)3/h8-19,27H,20H2,1-7H3;4-7,11-15,17,19,25H,8-10,16,18H2,1-3H3;4,6-7,9-14H,5,8,15H2,1-3H3;7-13H,14H2,1-5H3,(H,21,25);;/q;+1;;-1;+1;. The Morgan fingerprint density at radius 2 is 1.13 bits per heavy atom. The van der Waals surface area contributed by atoms with Gasteiger partial charge in [0.25, 0.3) is 0 Å². The van der Waals surface area contributed by atoms with Crippen molar-refractivity contribution in [2.45, 2.75) is 150 Å². The fourth-order valence-electron chi connectivity index (χ4n) is 13.8. The molecule has 2 heterocycles. The van der Waals surface area contributed by atoms with Crippen LogP contribution in [0.25, 0.3) is 43.2 Å². The Balaban J connectivity index is 0.000000184. The van der Waals surface area contributed by atoms with Gasteiger partial charge in [-0.1, -0.05) is 210 Å². The molecule has 0 spiro atoms. The molecule has 1 unspecified atom stereocenters. The number of anilines is 5. The zero-order valence-electron chi connectivity index (χ0n) is 69.7. The molecule has 11 aromatic carbocycles. The van der Waals surface area contributed by atoms with E-state index in [1.54, 1.807) is 12.1 Å². The minimum absolute atomic E-state index is 0. The maximum absolute atomic E-state index is 12.3. The third-order valence-electron chi connectivity index (χ3n) is 19.6. The van der Waals surface area contributed by atoms with Gasteiger partial charge in [0.15, 0.2) is 6.20 Å². The number of carbonyl (C=O) groups is 1. The SMILES string of the molecule is CC(C)(C)CCCc1ccc2ccc3cccc4ccc1c2c34.CC(C)CCCC[n+]1ccc(CC2Sc3ccccc3N2C)c2ccccc21.CN(C)c1ccc(C(c2ccc(OCC(C)(C)C)cc2)c2ccc(N(C)C)cc2)cc1.CN(C)c1ccc(N=Nc2cc[c-]cc2)c(NC(=O)CC(C)(C)C)c1.O=S(=O)=O.[Na+]. The molecule has 0 bridgehead atoms. The second-order valence-electron chi connectivity index (χ2n) is 33.7. The van der Waals surface area contributed by atoms with E-state index in [1.807, 2.05) is 81.9 Å². The van der Waals surface area contributed by atoms with Crippen LogP contribution in [0.5, 0.6) is 5.75 Å². The summed E-state index contributed by atoms with van der Waals surface area (Å²) in [5.74, 6) is 1.86. The number of aromatic nitrogens is 1. The van der Waals surface area contributed by atoms with Gasteiger partial charge in [-0.15, -0.1) is 24.8 Å². The first-order chi connectivity index (χ1) is 52.8. The zero-order valence-corrected chi connectivity index (χ0v) is 73.4. The number of aryl methyl sites for hydroxylation is 2. The Bertz CT molecular complexity index is 5060. The van der Waals surface area contributed by atoms with Crippen molar-refractivity contribution in [3.05, 3.63) is 265 Å². The number of pyridine rings is 1. The number of para-hydroxylation sites is 2. The van der Waals surface area contributed by atoms with E-state index < -0.39 is 10.6 Å². The van der Waals surface area contributed by atoms with Crippen molar-refractivity contribution >= 4 is 111 Å². The number of rotatable bonds is 22. The van der Waals surface area contributed by atoms with Crippen molar-refractivity contribution in [1.29, 1.82) is 0 Å². The summed E-state index contributed by atoms with van der Waals surface area (Å²) in [6.45, 7) is 26.1. The third kappa shape index (κ3) is 26.2. The fourth-order valence-corrected chi connectivity index (χ4v) is 15.1. The van der Waals surface area contributed by atoms with Crippen LogP contribution in [-0.4, -0.2) is 79.8 Å². The molecule has 0 saturated heterocycles. The summed E-state index contributed by atoms with van der Waals surface area (Å²) in [6.07, 6.45) is 11.4. The van der Waals surface area contributed by atoms with Crippen LogP contribution in [0.15, 0.2) is 246 Å². The Morgan fingerprint density at radius 3 is 1.71 bits per heavy atom. The van der Waals surface area contributed by atoms with Gasteiger partial charge < -0.3 is 29.7 Å². The van der Waals surface area contributed by atoms with Crippen LogP contribution in [-0.2, 0) is 34.8 Å². The van der Waals surface area contributed by atoms with Gasteiger partial charge in [0.2, 0.25) is 11.4 Å². The molecule has 112 heavy (non-hydrogen) atoms. The number of thioether (sulfide) groups is 1. The molecule has 1 aliphatic rings. The summed E-state index contributed by atoms with van der Waals surface area (Å²) < 4.78 is 33.8. The summed E-state index contributed by atoms with van der Waals surface area (Å²) in [5.41, 5.74) is 15.4. The number of hydrogen-bond donors (Lipinski definition) is 1. The number of fused-ring (bicyclic) bond motifs is 2. The molecular formula is C96H116N8NaO5S2+. The van der Waals surface area contributed by atoms with E-state index in [0.717, 1.165) is 36.0 Å². The molecule has 1 amide bonds. The Labute approximate surface area is 696 Å². The number of hydrogen-bond acceptors (Lipinski definition) is 12. The van der Waals surface area contributed by atoms with E-state index in [-0.39, 0.29) is 52.2 Å². The quantitative estimate of drug-likeness (QED) is 0.0133. The fraction of sp³-hybridized carbons (Fsp3) is 0.354. The van der Waals surface area contributed by atoms with Crippen molar-refractivity contribution in [1.82, 2.24) is 0 Å². The minimum atomic E-state index is -3.11. The summed E-state index contributed by atoms with van der Waals surface area (Å²) in [6, 6.07) is 82.6. The van der Waals surface area contributed by atoms with Crippen molar-refractivity contribution in [2.24, 2.45) is 32.4 Å². The number of amides is 1. The Hall–Kier alpha value is -9.09. The van der Waals surface area contributed by atoms with Gasteiger partial charge in [0.1, 0.15) is 18.0 Å². The molecule has 0 saturated carbocycles. The molecule has 0 radical (unpaired) electrons. The molecule has 1 aliphatic heterocycles. The smallest absolute Gasteiger partial charge is 0.493 e. The van der Waals surface area contributed by atoms with E-state index in [2.05, 4.69) is 320 Å². The average molecular weight is 1550 g/mol. The van der Waals surface area contributed by atoms with E-state index >= 15 is 0 Å². The summed E-state index contributed by atoms with van der Waals surface area (Å²) in [4.78, 5) is 22.4. The number of likely N-dealkylation sites (N-methyl/N-ethyl adjacent to an activating group) is 1. The summed E-state index contributed by atoms with van der Waals surface area (Å²) in [7, 11) is 11.3. The van der Waals surface area contributed by atoms with Crippen LogP contribution < -0.4 is 63.8 Å². The minimum Gasteiger partial charge on any atom is -0.493 e.